The van der Waals surface area contributed by atoms with E-state index in [1.807, 2.05) is 6.07 Å². The lowest BCUT2D eigenvalue weighted by Gasteiger charge is -2.32. The van der Waals surface area contributed by atoms with Gasteiger partial charge in [-0.25, -0.2) is 4.98 Å². The normalized spacial score (nSPS) is 14.2. The van der Waals surface area contributed by atoms with Crippen LogP contribution in [0.5, 0.6) is 0 Å². The summed E-state index contributed by atoms with van der Waals surface area (Å²) in [5.41, 5.74) is 5.41. The Hall–Kier alpha value is -3.23. The van der Waals surface area contributed by atoms with E-state index in [-0.39, 0.29) is 0 Å². The molecule has 8 heteroatoms. The summed E-state index contributed by atoms with van der Waals surface area (Å²) in [5, 5.41) is 10.8. The number of amides is 1. The Morgan fingerprint density at radius 1 is 0.878 bits per heavy atom. The molecule has 0 radical (unpaired) electrons. The highest BCUT2D eigenvalue weighted by Crippen LogP contribution is 2.29. The highest BCUT2D eigenvalue weighted by Gasteiger charge is 2.22. The van der Waals surface area contributed by atoms with Crippen LogP contribution in [0.25, 0.3) is 22.1 Å². The van der Waals surface area contributed by atoms with Crippen molar-refractivity contribution in [2.75, 3.05) is 18.8 Å². The SMILES string of the molecule is O=C(CCCCSc1nnc2c3ccccc3n(Cc3ccc(Br)cc3)c2n1)N1CCC(Cc2ccccc2)CC1. The third-order valence-corrected chi connectivity index (χ3v) is 9.41. The molecule has 210 valence electrons. The second-order valence-electron chi connectivity index (χ2n) is 10.8. The molecule has 0 spiro atoms. The number of benzene rings is 3. The fraction of sp³-hybridized carbons (Fsp3) is 0.333. The van der Waals surface area contributed by atoms with Crippen molar-refractivity contribution in [2.45, 2.75) is 50.2 Å². The number of carbonyl (C=O) groups excluding carboxylic acids is 1. The predicted molar refractivity (Wildman–Crippen MR) is 170 cm³/mol. The summed E-state index contributed by atoms with van der Waals surface area (Å²) < 4.78 is 3.30. The Morgan fingerprint density at radius 2 is 1.63 bits per heavy atom. The first-order chi connectivity index (χ1) is 20.1. The van der Waals surface area contributed by atoms with Gasteiger partial charge in [0.05, 0.1) is 5.52 Å². The number of hydrogen-bond acceptors (Lipinski definition) is 5. The molecule has 6 rings (SSSR count). The van der Waals surface area contributed by atoms with Crippen molar-refractivity contribution >= 4 is 55.7 Å². The van der Waals surface area contributed by atoms with Crippen molar-refractivity contribution in [1.29, 1.82) is 0 Å². The summed E-state index contributed by atoms with van der Waals surface area (Å²) in [6, 6.07) is 27.4. The Bertz CT molecular complexity index is 1610. The van der Waals surface area contributed by atoms with Crippen LogP contribution in [0.4, 0.5) is 0 Å². The van der Waals surface area contributed by atoms with Crippen LogP contribution in [0.2, 0.25) is 0 Å². The maximum absolute atomic E-state index is 12.8. The number of aromatic nitrogens is 4. The largest absolute Gasteiger partial charge is 0.343 e. The van der Waals surface area contributed by atoms with Gasteiger partial charge >= 0.3 is 0 Å². The number of para-hydroxylation sites is 1. The van der Waals surface area contributed by atoms with Gasteiger partial charge in [0.15, 0.2) is 5.65 Å². The van der Waals surface area contributed by atoms with E-state index in [1.165, 1.54) is 11.1 Å². The maximum Gasteiger partial charge on any atom is 0.222 e. The number of thioether (sulfide) groups is 1. The number of unbranched alkanes of at least 4 members (excludes halogenated alkanes) is 1. The molecule has 3 aromatic carbocycles. The number of nitrogens with zero attached hydrogens (tertiary/aromatic N) is 5. The van der Waals surface area contributed by atoms with E-state index < -0.39 is 0 Å². The van der Waals surface area contributed by atoms with Gasteiger partial charge in [0.25, 0.3) is 0 Å². The molecule has 0 aliphatic carbocycles. The molecule has 5 aromatic rings. The molecule has 0 saturated carbocycles. The van der Waals surface area contributed by atoms with Crippen LogP contribution in [0.15, 0.2) is 88.5 Å². The van der Waals surface area contributed by atoms with E-state index in [1.54, 1.807) is 11.8 Å². The molecule has 0 atom stereocenters. The molecular weight excluding hydrogens is 594 g/mol. The molecule has 41 heavy (non-hydrogen) atoms. The Kier molecular flexibility index (Phi) is 8.97. The molecule has 1 amide bonds. The molecule has 1 fully saturated rings. The second kappa shape index (κ2) is 13.2. The monoisotopic (exact) mass is 627 g/mol. The van der Waals surface area contributed by atoms with Gasteiger partial charge in [-0.15, -0.1) is 10.2 Å². The summed E-state index contributed by atoms with van der Waals surface area (Å²) in [4.78, 5) is 19.8. The minimum absolute atomic E-state index is 0.296. The topological polar surface area (TPSA) is 63.9 Å². The van der Waals surface area contributed by atoms with Gasteiger partial charge in [-0.2, -0.15) is 0 Å². The Morgan fingerprint density at radius 3 is 2.44 bits per heavy atom. The van der Waals surface area contributed by atoms with Crippen LogP contribution in [0.3, 0.4) is 0 Å². The number of hydrogen-bond donors (Lipinski definition) is 0. The van der Waals surface area contributed by atoms with E-state index in [0.717, 1.165) is 77.5 Å². The summed E-state index contributed by atoms with van der Waals surface area (Å²) in [5.74, 6) is 1.84. The van der Waals surface area contributed by atoms with Gasteiger partial charge in [0.2, 0.25) is 11.1 Å². The van der Waals surface area contributed by atoms with Crippen LogP contribution >= 0.6 is 27.7 Å². The van der Waals surface area contributed by atoms with Crippen molar-refractivity contribution in [3.8, 4) is 0 Å². The average Bonchev–Trinajstić information content (AvgIpc) is 3.31. The van der Waals surface area contributed by atoms with Crippen molar-refractivity contribution in [1.82, 2.24) is 24.6 Å². The first-order valence-electron chi connectivity index (χ1n) is 14.4. The summed E-state index contributed by atoms with van der Waals surface area (Å²) in [6.07, 6.45) is 5.76. The number of halogens is 1. The van der Waals surface area contributed by atoms with Crippen molar-refractivity contribution in [3.05, 3.63) is 94.5 Å². The van der Waals surface area contributed by atoms with Gasteiger partial charge in [0.1, 0.15) is 5.52 Å². The first-order valence-corrected chi connectivity index (χ1v) is 16.2. The van der Waals surface area contributed by atoms with Crippen molar-refractivity contribution < 1.29 is 4.79 Å². The van der Waals surface area contributed by atoms with E-state index >= 15 is 0 Å². The van der Waals surface area contributed by atoms with E-state index in [0.29, 0.717) is 29.9 Å². The summed E-state index contributed by atoms with van der Waals surface area (Å²) in [7, 11) is 0. The number of fused-ring (bicyclic) bond motifs is 3. The molecule has 0 unspecified atom stereocenters. The molecule has 0 N–H and O–H groups in total. The maximum atomic E-state index is 12.8. The molecule has 0 bridgehead atoms. The van der Waals surface area contributed by atoms with E-state index in [9.17, 15) is 4.79 Å². The fourth-order valence-electron chi connectivity index (χ4n) is 5.72. The van der Waals surface area contributed by atoms with Gasteiger partial charge in [-0.3, -0.25) is 4.79 Å². The van der Waals surface area contributed by atoms with Crippen molar-refractivity contribution in [3.63, 3.8) is 0 Å². The van der Waals surface area contributed by atoms with Gasteiger partial charge < -0.3 is 9.47 Å². The smallest absolute Gasteiger partial charge is 0.222 e. The van der Waals surface area contributed by atoms with E-state index in [2.05, 4.69) is 108 Å². The quantitative estimate of drug-likeness (QED) is 0.118. The highest BCUT2D eigenvalue weighted by molar-refractivity contribution is 9.10. The van der Waals surface area contributed by atoms with Crippen LogP contribution in [-0.4, -0.2) is 49.4 Å². The Balaban J connectivity index is 1.01. The van der Waals surface area contributed by atoms with Crippen LogP contribution < -0.4 is 0 Å². The molecule has 2 aromatic heterocycles. The summed E-state index contributed by atoms with van der Waals surface area (Å²) in [6.45, 7) is 2.49. The lowest BCUT2D eigenvalue weighted by Crippen LogP contribution is -2.38. The first kappa shape index (κ1) is 27.9. The zero-order valence-electron chi connectivity index (χ0n) is 23.1. The lowest BCUT2D eigenvalue weighted by molar-refractivity contribution is -0.132. The average molecular weight is 629 g/mol. The molecule has 6 nitrogen and oxygen atoms in total. The minimum atomic E-state index is 0.296. The second-order valence-corrected chi connectivity index (χ2v) is 12.8. The van der Waals surface area contributed by atoms with Crippen LogP contribution in [0.1, 0.15) is 43.2 Å². The van der Waals surface area contributed by atoms with E-state index in [4.69, 9.17) is 4.98 Å². The zero-order chi connectivity index (χ0) is 28.0. The number of likely N-dealkylation sites (tertiary alicyclic amines) is 1. The fourth-order valence-corrected chi connectivity index (χ4v) is 6.76. The number of piperidine rings is 1. The molecule has 1 saturated heterocycles. The molecule has 1 aliphatic rings. The predicted octanol–water partition coefficient (Wildman–Crippen LogP) is 7.53. The van der Waals surface area contributed by atoms with Gasteiger partial charge in [0, 0.05) is 41.7 Å². The van der Waals surface area contributed by atoms with Crippen LogP contribution in [0, 0.1) is 5.92 Å². The molecule has 1 aliphatic heterocycles. The minimum Gasteiger partial charge on any atom is -0.343 e. The van der Waals surface area contributed by atoms with Gasteiger partial charge in [-0.1, -0.05) is 88.4 Å². The number of carbonyl (C=O) groups is 1. The highest BCUT2D eigenvalue weighted by atomic mass is 79.9. The molecule has 3 heterocycles. The van der Waals surface area contributed by atoms with Crippen LogP contribution in [-0.2, 0) is 17.8 Å². The third-order valence-electron chi connectivity index (χ3n) is 7.96. The third kappa shape index (κ3) is 6.81. The molecular formula is C33H34BrN5OS. The standard InChI is InChI=1S/C33H34BrN5OS/c34-27-15-13-26(14-16-27)23-39-29-11-5-4-10-28(29)31-32(39)35-33(37-36-31)41-21-7-6-12-30(40)38-19-17-25(18-20-38)22-24-8-2-1-3-9-24/h1-5,8-11,13-16,25H,6-7,12,17-23H2. The lowest BCUT2D eigenvalue weighted by atomic mass is 9.90. The summed E-state index contributed by atoms with van der Waals surface area (Å²) >= 11 is 5.15. The number of rotatable bonds is 10. The zero-order valence-corrected chi connectivity index (χ0v) is 25.5. The van der Waals surface area contributed by atoms with Crippen molar-refractivity contribution in [2.24, 2.45) is 5.92 Å². The van der Waals surface area contributed by atoms with Gasteiger partial charge in [-0.05, 0) is 67.3 Å². The Labute approximate surface area is 253 Å².